The zero-order valence-corrected chi connectivity index (χ0v) is 16.8. The van der Waals surface area contributed by atoms with Gasteiger partial charge in [-0.25, -0.2) is 13.2 Å². The Hall–Kier alpha value is -2.54. The summed E-state index contributed by atoms with van der Waals surface area (Å²) in [7, 11) is -3.79. The smallest absolute Gasteiger partial charge is 0.337 e. The van der Waals surface area contributed by atoms with Gasteiger partial charge in [-0.05, 0) is 49.6 Å². The molecule has 7 heteroatoms. The molecule has 0 radical (unpaired) electrons. The van der Waals surface area contributed by atoms with Gasteiger partial charge in [0.05, 0.1) is 16.1 Å². The van der Waals surface area contributed by atoms with Gasteiger partial charge in [0.15, 0.2) is 0 Å². The predicted octanol–water partition coefficient (Wildman–Crippen LogP) is 4.26. The second kappa shape index (κ2) is 8.65. The van der Waals surface area contributed by atoms with E-state index in [0.29, 0.717) is 11.3 Å². The zero-order chi connectivity index (χ0) is 20.1. The third-order valence-electron chi connectivity index (χ3n) is 5.06. The van der Waals surface area contributed by atoms with Gasteiger partial charge in [-0.2, -0.15) is 0 Å². The third kappa shape index (κ3) is 4.65. The number of sulfonamides is 1. The van der Waals surface area contributed by atoms with Crippen LogP contribution in [0.15, 0.2) is 47.4 Å². The van der Waals surface area contributed by atoms with Crippen molar-refractivity contribution in [2.24, 2.45) is 0 Å². The first-order chi connectivity index (χ1) is 13.4. The number of aryl methyl sites for hydroxylation is 1. The van der Waals surface area contributed by atoms with Gasteiger partial charge in [-0.15, -0.1) is 0 Å². The highest BCUT2D eigenvalue weighted by Crippen LogP contribution is 2.28. The fourth-order valence-corrected chi connectivity index (χ4v) is 4.90. The highest BCUT2D eigenvalue weighted by atomic mass is 32.2. The van der Waals surface area contributed by atoms with Crippen LogP contribution in [0.2, 0.25) is 0 Å². The summed E-state index contributed by atoms with van der Waals surface area (Å²) >= 11 is 0. The quantitative estimate of drug-likeness (QED) is 0.780. The summed E-state index contributed by atoms with van der Waals surface area (Å²) in [5, 5.41) is 9.70. The fraction of sp³-hybridized carbons (Fsp3) is 0.381. The van der Waals surface area contributed by atoms with E-state index >= 15 is 0 Å². The number of carboxylic acids is 1. The molecule has 2 N–H and O–H groups in total. The molecule has 0 unspecified atom stereocenters. The first-order valence-electron chi connectivity index (χ1n) is 9.59. The Morgan fingerprint density at radius 1 is 1.00 bits per heavy atom. The van der Waals surface area contributed by atoms with E-state index < -0.39 is 16.0 Å². The molecular formula is C21H26N2O4S. The number of hydrogen-bond donors (Lipinski definition) is 2. The molecule has 3 rings (SSSR count). The Bertz CT molecular complexity index is 949. The van der Waals surface area contributed by atoms with Gasteiger partial charge in [0, 0.05) is 18.8 Å². The van der Waals surface area contributed by atoms with E-state index in [1.165, 1.54) is 18.6 Å². The molecule has 0 aromatic heterocycles. The Morgan fingerprint density at radius 3 is 2.29 bits per heavy atom. The molecule has 1 fully saturated rings. The molecule has 28 heavy (non-hydrogen) atoms. The van der Waals surface area contributed by atoms with Gasteiger partial charge in [-0.1, -0.05) is 37.5 Å². The maximum Gasteiger partial charge on any atom is 0.337 e. The fourth-order valence-electron chi connectivity index (χ4n) is 3.60. The van der Waals surface area contributed by atoms with Gasteiger partial charge in [0.1, 0.15) is 0 Å². The van der Waals surface area contributed by atoms with E-state index in [1.54, 1.807) is 37.3 Å². The molecular weight excluding hydrogens is 376 g/mol. The first kappa shape index (κ1) is 20.2. The summed E-state index contributed by atoms with van der Waals surface area (Å²) in [5.74, 6) is -1.06. The predicted molar refractivity (Wildman–Crippen MR) is 111 cm³/mol. The van der Waals surface area contributed by atoms with E-state index in [0.717, 1.165) is 38.8 Å². The zero-order valence-electron chi connectivity index (χ0n) is 16.0. The standard InChI is InChI=1S/C21H26N2O4S/c1-16-9-5-6-10-20(16)28(26,27)22-17-11-12-19(18(15-17)21(24)25)23-13-7-3-2-4-8-14-23/h5-6,9-12,15,22H,2-4,7-8,13-14H2,1H3,(H,24,25). The van der Waals surface area contributed by atoms with Crippen LogP contribution in [-0.2, 0) is 10.0 Å². The van der Waals surface area contributed by atoms with Gasteiger partial charge >= 0.3 is 5.97 Å². The summed E-state index contributed by atoms with van der Waals surface area (Å²) in [6, 6.07) is 11.4. The second-order valence-corrected chi connectivity index (χ2v) is 8.81. The van der Waals surface area contributed by atoms with E-state index in [2.05, 4.69) is 9.62 Å². The van der Waals surface area contributed by atoms with Gasteiger partial charge < -0.3 is 10.0 Å². The van der Waals surface area contributed by atoms with Crippen molar-refractivity contribution in [3.63, 3.8) is 0 Å². The maximum absolute atomic E-state index is 12.7. The van der Waals surface area contributed by atoms with E-state index in [-0.39, 0.29) is 16.1 Å². The minimum Gasteiger partial charge on any atom is -0.478 e. The van der Waals surface area contributed by atoms with Crippen LogP contribution in [0.3, 0.4) is 0 Å². The Morgan fingerprint density at radius 2 is 1.64 bits per heavy atom. The lowest BCUT2D eigenvalue weighted by molar-refractivity contribution is 0.0697. The number of rotatable bonds is 5. The number of carboxylic acid groups (broad SMARTS) is 1. The number of nitrogens with zero attached hydrogens (tertiary/aromatic N) is 1. The molecule has 1 aliphatic rings. The van der Waals surface area contributed by atoms with Crippen LogP contribution in [0.4, 0.5) is 11.4 Å². The lowest BCUT2D eigenvalue weighted by Gasteiger charge is -2.28. The number of benzene rings is 2. The minimum absolute atomic E-state index is 0.116. The molecule has 0 atom stereocenters. The van der Waals surface area contributed by atoms with E-state index in [9.17, 15) is 18.3 Å². The average molecular weight is 403 g/mol. The Balaban J connectivity index is 1.90. The van der Waals surface area contributed by atoms with E-state index in [4.69, 9.17) is 0 Å². The maximum atomic E-state index is 12.7. The summed E-state index contributed by atoms with van der Waals surface area (Å²) < 4.78 is 27.9. The molecule has 2 aromatic rings. The second-order valence-electron chi connectivity index (χ2n) is 7.16. The molecule has 1 aliphatic heterocycles. The van der Waals surface area contributed by atoms with Crippen molar-refractivity contribution in [3.05, 3.63) is 53.6 Å². The first-order valence-corrected chi connectivity index (χ1v) is 11.1. The van der Waals surface area contributed by atoms with Crippen LogP contribution in [0, 0.1) is 6.92 Å². The molecule has 6 nitrogen and oxygen atoms in total. The molecule has 0 aliphatic carbocycles. The van der Waals surface area contributed by atoms with Crippen molar-refractivity contribution < 1.29 is 18.3 Å². The van der Waals surface area contributed by atoms with Crippen molar-refractivity contribution in [2.45, 2.75) is 43.9 Å². The molecule has 150 valence electrons. The van der Waals surface area contributed by atoms with Crippen LogP contribution >= 0.6 is 0 Å². The number of anilines is 2. The van der Waals surface area contributed by atoms with Crippen LogP contribution < -0.4 is 9.62 Å². The van der Waals surface area contributed by atoms with Crippen molar-refractivity contribution in [1.82, 2.24) is 0 Å². The Kier molecular flexibility index (Phi) is 6.24. The average Bonchev–Trinajstić information content (AvgIpc) is 2.61. The molecule has 0 bridgehead atoms. The molecule has 0 amide bonds. The normalized spacial score (nSPS) is 15.5. The van der Waals surface area contributed by atoms with Crippen molar-refractivity contribution in [2.75, 3.05) is 22.7 Å². The Labute approximate surface area is 166 Å². The summed E-state index contributed by atoms with van der Waals surface area (Å²) in [6.45, 7) is 3.35. The van der Waals surface area contributed by atoms with Crippen molar-refractivity contribution in [3.8, 4) is 0 Å². The summed E-state index contributed by atoms with van der Waals surface area (Å²) in [6.07, 6.45) is 5.57. The van der Waals surface area contributed by atoms with Gasteiger partial charge in [0.25, 0.3) is 10.0 Å². The van der Waals surface area contributed by atoms with Crippen LogP contribution in [0.5, 0.6) is 0 Å². The lowest BCUT2D eigenvalue weighted by atomic mass is 10.1. The molecule has 2 aromatic carbocycles. The van der Waals surface area contributed by atoms with Crippen LogP contribution in [-0.4, -0.2) is 32.6 Å². The van der Waals surface area contributed by atoms with Crippen LogP contribution in [0.25, 0.3) is 0 Å². The number of hydrogen-bond acceptors (Lipinski definition) is 4. The SMILES string of the molecule is Cc1ccccc1S(=O)(=O)Nc1ccc(N2CCCCCCC2)c(C(=O)O)c1. The van der Waals surface area contributed by atoms with E-state index in [1.807, 2.05) is 0 Å². The molecule has 0 saturated carbocycles. The van der Waals surface area contributed by atoms with Crippen molar-refractivity contribution >= 4 is 27.4 Å². The van der Waals surface area contributed by atoms with Gasteiger partial charge in [0.2, 0.25) is 0 Å². The molecule has 0 spiro atoms. The number of aromatic carboxylic acids is 1. The largest absolute Gasteiger partial charge is 0.478 e. The van der Waals surface area contributed by atoms with Gasteiger partial charge in [-0.3, -0.25) is 4.72 Å². The van der Waals surface area contributed by atoms with Crippen molar-refractivity contribution in [1.29, 1.82) is 0 Å². The highest BCUT2D eigenvalue weighted by Gasteiger charge is 2.21. The number of carbonyl (C=O) groups is 1. The van der Waals surface area contributed by atoms with Crippen LogP contribution in [0.1, 0.15) is 48.0 Å². The third-order valence-corrected chi connectivity index (χ3v) is 6.60. The summed E-state index contributed by atoms with van der Waals surface area (Å²) in [5.41, 5.74) is 1.64. The highest BCUT2D eigenvalue weighted by molar-refractivity contribution is 7.92. The minimum atomic E-state index is -3.79. The summed E-state index contributed by atoms with van der Waals surface area (Å²) in [4.78, 5) is 14.1. The lowest BCUT2D eigenvalue weighted by Crippen LogP contribution is -2.28. The number of nitrogens with one attached hydrogen (secondary N) is 1. The molecule has 1 saturated heterocycles. The molecule has 1 heterocycles. The topological polar surface area (TPSA) is 86.7 Å². The monoisotopic (exact) mass is 402 g/mol.